The van der Waals surface area contributed by atoms with E-state index in [1.807, 2.05) is 30.1 Å². The molecule has 1 N–H and O–H groups in total. The minimum atomic E-state index is -0.763. The molecule has 0 radical (unpaired) electrons. The lowest BCUT2D eigenvalue weighted by Crippen LogP contribution is -2.22. The lowest BCUT2D eigenvalue weighted by atomic mass is 10.1. The molecule has 1 aromatic carbocycles. The van der Waals surface area contributed by atoms with Crippen LogP contribution in [0.1, 0.15) is 13.3 Å². The Kier molecular flexibility index (Phi) is 5.48. The second-order valence-corrected chi connectivity index (χ2v) is 4.49. The van der Waals surface area contributed by atoms with Crippen LogP contribution in [-0.4, -0.2) is 38.9 Å². The van der Waals surface area contributed by atoms with Gasteiger partial charge in [0.05, 0.1) is 20.1 Å². The van der Waals surface area contributed by atoms with Gasteiger partial charge in [-0.3, -0.25) is 4.79 Å². The van der Waals surface area contributed by atoms with Gasteiger partial charge in [0, 0.05) is 25.3 Å². The monoisotopic (exact) mass is 267 g/mol. The van der Waals surface area contributed by atoms with Crippen molar-refractivity contribution in [3.05, 3.63) is 18.2 Å². The molecule has 0 aliphatic heterocycles. The summed E-state index contributed by atoms with van der Waals surface area (Å²) in [5.74, 6) is 0.236. The maximum absolute atomic E-state index is 10.8. The van der Waals surface area contributed by atoms with Gasteiger partial charge in [-0.05, 0) is 18.6 Å². The number of carboxylic acids is 1. The molecule has 1 unspecified atom stereocenters. The van der Waals surface area contributed by atoms with Crippen LogP contribution in [0, 0.1) is 5.92 Å². The molecule has 19 heavy (non-hydrogen) atoms. The van der Waals surface area contributed by atoms with Crippen LogP contribution in [0.5, 0.6) is 11.5 Å². The van der Waals surface area contributed by atoms with Gasteiger partial charge in [-0.25, -0.2) is 0 Å². The summed E-state index contributed by atoms with van der Waals surface area (Å²) in [4.78, 5) is 12.8. The SMILES string of the molecule is COc1ccc(N(C)CCC(C)C(=O)O)cc1OC. The van der Waals surface area contributed by atoms with Crippen LogP contribution in [0.15, 0.2) is 18.2 Å². The van der Waals surface area contributed by atoms with E-state index in [0.717, 1.165) is 5.69 Å². The fourth-order valence-corrected chi connectivity index (χ4v) is 1.70. The normalized spacial score (nSPS) is 11.8. The Balaban J connectivity index is 2.71. The summed E-state index contributed by atoms with van der Waals surface area (Å²) in [5.41, 5.74) is 0.968. The van der Waals surface area contributed by atoms with Gasteiger partial charge in [0.2, 0.25) is 0 Å². The number of carboxylic acid groups (broad SMARTS) is 1. The van der Waals surface area contributed by atoms with Crippen LogP contribution in [0.25, 0.3) is 0 Å². The number of rotatable bonds is 7. The Labute approximate surface area is 113 Å². The summed E-state index contributed by atoms with van der Waals surface area (Å²) < 4.78 is 10.4. The number of ether oxygens (including phenoxy) is 2. The van der Waals surface area contributed by atoms with Crippen molar-refractivity contribution in [2.24, 2.45) is 5.92 Å². The molecule has 0 aliphatic rings. The zero-order valence-corrected chi connectivity index (χ0v) is 11.8. The fourth-order valence-electron chi connectivity index (χ4n) is 1.70. The van der Waals surface area contributed by atoms with Gasteiger partial charge in [-0.2, -0.15) is 0 Å². The average molecular weight is 267 g/mol. The minimum absolute atomic E-state index is 0.345. The number of hydrogen-bond donors (Lipinski definition) is 1. The minimum Gasteiger partial charge on any atom is -0.493 e. The van der Waals surface area contributed by atoms with E-state index >= 15 is 0 Å². The maximum Gasteiger partial charge on any atom is 0.306 e. The first-order chi connectivity index (χ1) is 8.99. The molecular formula is C14H21NO4. The Morgan fingerprint density at radius 3 is 2.47 bits per heavy atom. The summed E-state index contributed by atoms with van der Waals surface area (Å²) in [6, 6.07) is 5.64. The third kappa shape index (κ3) is 4.05. The molecule has 1 aromatic rings. The summed E-state index contributed by atoms with van der Waals surface area (Å²) >= 11 is 0. The van der Waals surface area contributed by atoms with Crippen molar-refractivity contribution in [1.29, 1.82) is 0 Å². The number of anilines is 1. The fraction of sp³-hybridized carbons (Fsp3) is 0.500. The molecular weight excluding hydrogens is 246 g/mol. The zero-order chi connectivity index (χ0) is 14.4. The third-order valence-corrected chi connectivity index (χ3v) is 3.13. The Morgan fingerprint density at radius 2 is 1.95 bits per heavy atom. The summed E-state index contributed by atoms with van der Waals surface area (Å²) in [5, 5.41) is 8.86. The Hall–Kier alpha value is -1.91. The number of nitrogens with zero attached hydrogens (tertiary/aromatic N) is 1. The van der Waals surface area contributed by atoms with Crippen LogP contribution in [0.3, 0.4) is 0 Å². The van der Waals surface area contributed by atoms with Crippen LogP contribution in [-0.2, 0) is 4.79 Å². The highest BCUT2D eigenvalue weighted by molar-refractivity contribution is 5.69. The number of aliphatic carboxylic acids is 1. The van der Waals surface area contributed by atoms with Crippen LogP contribution in [0.4, 0.5) is 5.69 Å². The van der Waals surface area contributed by atoms with Gasteiger partial charge in [0.1, 0.15) is 0 Å². The first kappa shape index (κ1) is 15.1. The molecule has 0 spiro atoms. The molecule has 106 valence electrons. The first-order valence-electron chi connectivity index (χ1n) is 6.15. The van der Waals surface area contributed by atoms with Gasteiger partial charge >= 0.3 is 5.97 Å². The number of methoxy groups -OCH3 is 2. The van der Waals surface area contributed by atoms with E-state index in [9.17, 15) is 4.79 Å². The Bertz CT molecular complexity index is 433. The molecule has 1 atom stereocenters. The lowest BCUT2D eigenvalue weighted by molar-refractivity contribution is -0.141. The van der Waals surface area contributed by atoms with Gasteiger partial charge < -0.3 is 19.5 Å². The van der Waals surface area contributed by atoms with Gasteiger partial charge in [0.25, 0.3) is 0 Å². The molecule has 0 amide bonds. The van der Waals surface area contributed by atoms with Crippen molar-refractivity contribution in [3.63, 3.8) is 0 Å². The second-order valence-electron chi connectivity index (χ2n) is 4.49. The molecule has 5 heteroatoms. The molecule has 0 aliphatic carbocycles. The van der Waals surface area contributed by atoms with Crippen molar-refractivity contribution >= 4 is 11.7 Å². The predicted octanol–water partition coefficient (Wildman–Crippen LogP) is 2.25. The molecule has 5 nitrogen and oxygen atoms in total. The zero-order valence-electron chi connectivity index (χ0n) is 11.8. The van der Waals surface area contributed by atoms with Crippen LogP contribution >= 0.6 is 0 Å². The van der Waals surface area contributed by atoms with E-state index in [1.54, 1.807) is 21.1 Å². The van der Waals surface area contributed by atoms with E-state index in [-0.39, 0.29) is 5.92 Å². The van der Waals surface area contributed by atoms with E-state index in [0.29, 0.717) is 24.5 Å². The molecule has 0 bridgehead atoms. The molecule has 0 saturated carbocycles. The smallest absolute Gasteiger partial charge is 0.306 e. The average Bonchev–Trinajstić information content (AvgIpc) is 2.43. The topological polar surface area (TPSA) is 59.0 Å². The van der Waals surface area contributed by atoms with E-state index < -0.39 is 5.97 Å². The highest BCUT2D eigenvalue weighted by atomic mass is 16.5. The molecule has 0 fully saturated rings. The maximum atomic E-state index is 10.8. The first-order valence-corrected chi connectivity index (χ1v) is 6.15. The highest BCUT2D eigenvalue weighted by Gasteiger charge is 2.13. The van der Waals surface area contributed by atoms with Crippen molar-refractivity contribution in [2.75, 3.05) is 32.7 Å². The largest absolute Gasteiger partial charge is 0.493 e. The lowest BCUT2D eigenvalue weighted by Gasteiger charge is -2.21. The summed E-state index contributed by atoms with van der Waals surface area (Å²) in [7, 11) is 5.11. The van der Waals surface area contributed by atoms with E-state index in [2.05, 4.69) is 0 Å². The van der Waals surface area contributed by atoms with Crippen LogP contribution in [0.2, 0.25) is 0 Å². The van der Waals surface area contributed by atoms with E-state index in [4.69, 9.17) is 14.6 Å². The predicted molar refractivity (Wildman–Crippen MR) is 74.2 cm³/mol. The molecule has 0 saturated heterocycles. The van der Waals surface area contributed by atoms with Crippen molar-refractivity contribution < 1.29 is 19.4 Å². The van der Waals surface area contributed by atoms with Crippen LogP contribution < -0.4 is 14.4 Å². The van der Waals surface area contributed by atoms with Crippen molar-refractivity contribution in [2.45, 2.75) is 13.3 Å². The Morgan fingerprint density at radius 1 is 1.32 bits per heavy atom. The molecule has 0 aromatic heterocycles. The second kappa shape index (κ2) is 6.87. The number of carbonyl (C=O) groups is 1. The van der Waals surface area contributed by atoms with E-state index in [1.165, 1.54) is 0 Å². The van der Waals surface area contributed by atoms with Gasteiger partial charge in [-0.15, -0.1) is 0 Å². The molecule has 0 heterocycles. The highest BCUT2D eigenvalue weighted by Crippen LogP contribution is 2.31. The summed E-state index contributed by atoms with van der Waals surface area (Å²) in [6.07, 6.45) is 0.597. The summed E-state index contributed by atoms with van der Waals surface area (Å²) in [6.45, 7) is 2.38. The van der Waals surface area contributed by atoms with Crippen molar-refractivity contribution in [1.82, 2.24) is 0 Å². The number of hydrogen-bond acceptors (Lipinski definition) is 4. The van der Waals surface area contributed by atoms with Gasteiger partial charge in [-0.1, -0.05) is 6.92 Å². The quantitative estimate of drug-likeness (QED) is 0.821. The van der Waals surface area contributed by atoms with Crippen molar-refractivity contribution in [3.8, 4) is 11.5 Å². The standard InChI is InChI=1S/C14H21NO4/c1-10(14(16)17)7-8-15(2)11-5-6-12(18-3)13(9-11)19-4/h5-6,9-10H,7-8H2,1-4H3,(H,16,17). The van der Waals surface area contributed by atoms with Gasteiger partial charge in [0.15, 0.2) is 11.5 Å². The number of benzene rings is 1. The molecule has 1 rings (SSSR count). The third-order valence-electron chi connectivity index (χ3n) is 3.13.